The number of thioether (sulfide) groups is 1. The maximum Gasteiger partial charge on any atom is 0.245 e. The Morgan fingerprint density at radius 1 is 1.61 bits per heavy atom. The third-order valence-electron chi connectivity index (χ3n) is 3.19. The number of hydrogen-bond donors (Lipinski definition) is 2. The van der Waals surface area contributed by atoms with Gasteiger partial charge in [0.15, 0.2) is 5.82 Å². The number of aromatic nitrogens is 2. The SMILES string of the molecule is CCn1cc(S(=O)(=O)NCC2(SC)CC2)c(N)n1. The highest BCUT2D eigenvalue weighted by Gasteiger charge is 2.42. The summed E-state index contributed by atoms with van der Waals surface area (Å²) in [5, 5.41) is 3.95. The van der Waals surface area contributed by atoms with E-state index < -0.39 is 10.0 Å². The number of aryl methyl sites for hydroxylation is 1. The van der Waals surface area contributed by atoms with Gasteiger partial charge in [0, 0.05) is 24.0 Å². The molecule has 1 fully saturated rings. The third kappa shape index (κ3) is 2.65. The van der Waals surface area contributed by atoms with Crippen molar-refractivity contribution < 1.29 is 8.42 Å². The molecule has 0 aliphatic heterocycles. The number of nitrogens with zero attached hydrogens (tertiary/aromatic N) is 2. The van der Waals surface area contributed by atoms with Crippen molar-refractivity contribution >= 4 is 27.6 Å². The lowest BCUT2D eigenvalue weighted by Crippen LogP contribution is -2.32. The van der Waals surface area contributed by atoms with E-state index in [9.17, 15) is 8.42 Å². The number of nitrogens with one attached hydrogen (secondary N) is 1. The number of anilines is 1. The lowest BCUT2D eigenvalue weighted by Gasteiger charge is -2.12. The van der Waals surface area contributed by atoms with Gasteiger partial charge in [0.05, 0.1) is 0 Å². The molecular weight excluding hydrogens is 272 g/mol. The highest BCUT2D eigenvalue weighted by molar-refractivity contribution is 8.00. The molecule has 1 aliphatic carbocycles. The van der Waals surface area contributed by atoms with Crippen LogP contribution in [0.2, 0.25) is 0 Å². The Hall–Kier alpha value is -0.730. The van der Waals surface area contributed by atoms with Crippen molar-refractivity contribution in [1.82, 2.24) is 14.5 Å². The van der Waals surface area contributed by atoms with E-state index in [1.54, 1.807) is 11.8 Å². The lowest BCUT2D eigenvalue weighted by atomic mass is 10.4. The second-order valence-corrected chi connectivity index (χ2v) is 7.46. The minimum absolute atomic E-state index is 0.0540. The summed E-state index contributed by atoms with van der Waals surface area (Å²) < 4.78 is 28.5. The van der Waals surface area contributed by atoms with Gasteiger partial charge in [0.1, 0.15) is 4.90 Å². The zero-order valence-electron chi connectivity index (χ0n) is 10.5. The van der Waals surface area contributed by atoms with E-state index in [1.807, 2.05) is 13.2 Å². The Balaban J connectivity index is 2.12. The van der Waals surface area contributed by atoms with Crippen LogP contribution in [-0.2, 0) is 16.6 Å². The van der Waals surface area contributed by atoms with Crippen LogP contribution in [0.15, 0.2) is 11.1 Å². The molecule has 0 aromatic carbocycles. The Bertz CT molecular complexity index is 534. The summed E-state index contributed by atoms with van der Waals surface area (Å²) >= 11 is 1.71. The van der Waals surface area contributed by atoms with Gasteiger partial charge in [-0.05, 0) is 26.0 Å². The summed E-state index contributed by atoms with van der Waals surface area (Å²) in [7, 11) is -3.56. The van der Waals surface area contributed by atoms with Gasteiger partial charge in [-0.15, -0.1) is 0 Å². The van der Waals surface area contributed by atoms with Crippen molar-refractivity contribution in [2.45, 2.75) is 36.0 Å². The van der Waals surface area contributed by atoms with E-state index in [0.717, 1.165) is 12.8 Å². The number of sulfonamides is 1. The Morgan fingerprint density at radius 2 is 2.28 bits per heavy atom. The smallest absolute Gasteiger partial charge is 0.245 e. The van der Waals surface area contributed by atoms with Gasteiger partial charge in [-0.25, -0.2) is 13.1 Å². The monoisotopic (exact) mass is 290 g/mol. The molecule has 1 heterocycles. The predicted molar refractivity (Wildman–Crippen MR) is 73.0 cm³/mol. The van der Waals surface area contributed by atoms with Gasteiger partial charge in [0.25, 0.3) is 0 Å². The van der Waals surface area contributed by atoms with Crippen molar-refractivity contribution in [3.05, 3.63) is 6.20 Å². The van der Waals surface area contributed by atoms with E-state index in [4.69, 9.17) is 5.73 Å². The summed E-state index contributed by atoms with van der Waals surface area (Å²) in [4.78, 5) is 0.0706. The van der Waals surface area contributed by atoms with Crippen LogP contribution in [-0.4, -0.2) is 35.7 Å². The van der Waals surface area contributed by atoms with Gasteiger partial charge in [-0.2, -0.15) is 16.9 Å². The molecule has 1 aliphatic rings. The first-order valence-corrected chi connectivity index (χ1v) is 8.51. The summed E-state index contributed by atoms with van der Waals surface area (Å²) in [6, 6.07) is 0. The minimum Gasteiger partial charge on any atom is -0.381 e. The van der Waals surface area contributed by atoms with E-state index in [0.29, 0.717) is 13.1 Å². The van der Waals surface area contributed by atoms with E-state index >= 15 is 0 Å². The molecule has 0 atom stereocenters. The second kappa shape index (κ2) is 4.75. The van der Waals surface area contributed by atoms with Crippen molar-refractivity contribution in [2.24, 2.45) is 0 Å². The second-order valence-electron chi connectivity index (χ2n) is 4.45. The molecule has 6 nitrogen and oxygen atoms in total. The molecule has 18 heavy (non-hydrogen) atoms. The van der Waals surface area contributed by atoms with Crippen LogP contribution in [0.3, 0.4) is 0 Å². The van der Waals surface area contributed by atoms with Crippen LogP contribution < -0.4 is 10.5 Å². The molecule has 0 unspecified atom stereocenters. The van der Waals surface area contributed by atoms with Crippen LogP contribution in [0, 0.1) is 0 Å². The summed E-state index contributed by atoms with van der Waals surface area (Å²) in [6.07, 6.45) is 5.59. The first kappa shape index (κ1) is 13.7. The van der Waals surface area contributed by atoms with Crippen molar-refractivity contribution in [3.63, 3.8) is 0 Å². The summed E-state index contributed by atoms with van der Waals surface area (Å²) in [6.45, 7) is 2.92. The first-order valence-electron chi connectivity index (χ1n) is 5.80. The van der Waals surface area contributed by atoms with E-state index in [1.165, 1.54) is 10.9 Å². The zero-order chi connectivity index (χ0) is 13.4. The predicted octanol–water partition coefficient (Wildman–Crippen LogP) is 0.659. The van der Waals surface area contributed by atoms with Crippen LogP contribution in [0.25, 0.3) is 0 Å². The molecule has 0 amide bonds. The largest absolute Gasteiger partial charge is 0.381 e. The van der Waals surface area contributed by atoms with Gasteiger partial charge >= 0.3 is 0 Å². The molecule has 0 bridgehead atoms. The van der Waals surface area contributed by atoms with Crippen molar-refractivity contribution in [3.8, 4) is 0 Å². The Morgan fingerprint density at radius 3 is 2.72 bits per heavy atom. The van der Waals surface area contributed by atoms with Gasteiger partial charge in [-0.1, -0.05) is 0 Å². The van der Waals surface area contributed by atoms with Gasteiger partial charge < -0.3 is 5.73 Å². The van der Waals surface area contributed by atoms with Crippen LogP contribution in [0.1, 0.15) is 19.8 Å². The molecule has 2 rings (SSSR count). The van der Waals surface area contributed by atoms with Gasteiger partial charge in [-0.3, -0.25) is 4.68 Å². The van der Waals surface area contributed by atoms with E-state index in [2.05, 4.69) is 9.82 Å². The first-order chi connectivity index (χ1) is 8.42. The average molecular weight is 290 g/mol. The van der Waals surface area contributed by atoms with Crippen LogP contribution >= 0.6 is 11.8 Å². The summed E-state index contributed by atoms with van der Waals surface area (Å²) in [5.74, 6) is 0.0540. The third-order valence-corrected chi connectivity index (χ3v) is 6.03. The maximum atomic E-state index is 12.1. The lowest BCUT2D eigenvalue weighted by molar-refractivity contribution is 0.579. The minimum atomic E-state index is -3.56. The Labute approximate surface area is 111 Å². The molecule has 0 radical (unpaired) electrons. The molecule has 8 heteroatoms. The van der Waals surface area contributed by atoms with Gasteiger partial charge in [0.2, 0.25) is 10.0 Å². The standard InChI is InChI=1S/C10H18N4O2S2/c1-3-14-6-8(9(11)13-14)18(15,16)12-7-10(17-2)4-5-10/h6,12H,3-5,7H2,1-2H3,(H2,11,13). The van der Waals surface area contributed by atoms with E-state index in [-0.39, 0.29) is 15.5 Å². The molecule has 0 saturated heterocycles. The molecule has 1 aromatic heterocycles. The fourth-order valence-corrected chi connectivity index (χ4v) is 3.70. The van der Waals surface area contributed by atoms with Crippen molar-refractivity contribution in [1.29, 1.82) is 0 Å². The molecular formula is C10H18N4O2S2. The van der Waals surface area contributed by atoms with Crippen molar-refractivity contribution in [2.75, 3.05) is 18.5 Å². The topological polar surface area (TPSA) is 90.0 Å². The van der Waals surface area contributed by atoms with Crippen LogP contribution in [0.4, 0.5) is 5.82 Å². The highest BCUT2D eigenvalue weighted by Crippen LogP contribution is 2.46. The fraction of sp³-hybridized carbons (Fsp3) is 0.700. The molecule has 0 spiro atoms. The summed E-state index contributed by atoms with van der Waals surface area (Å²) in [5.41, 5.74) is 5.63. The maximum absolute atomic E-state index is 12.1. The number of hydrogen-bond acceptors (Lipinski definition) is 5. The zero-order valence-corrected chi connectivity index (χ0v) is 12.1. The number of rotatable bonds is 6. The molecule has 3 N–H and O–H groups in total. The number of nitrogen functional groups attached to an aromatic ring is 1. The number of nitrogens with two attached hydrogens (primary N) is 1. The average Bonchev–Trinajstić information content (AvgIpc) is 3.03. The Kier molecular flexibility index (Phi) is 3.61. The molecule has 1 aromatic rings. The van der Waals surface area contributed by atoms with Crippen LogP contribution in [0.5, 0.6) is 0 Å². The quantitative estimate of drug-likeness (QED) is 0.803. The fourth-order valence-electron chi connectivity index (χ4n) is 1.68. The molecule has 102 valence electrons. The highest BCUT2D eigenvalue weighted by atomic mass is 32.2. The molecule has 1 saturated carbocycles. The normalized spacial score (nSPS) is 17.9.